The maximum Gasteiger partial charge on any atom is 0.337 e. The monoisotopic (exact) mass is 401 g/mol. The molecule has 1 heterocycles. The van der Waals surface area contributed by atoms with Crippen molar-refractivity contribution in [2.45, 2.75) is 32.7 Å². The van der Waals surface area contributed by atoms with Crippen LogP contribution < -0.4 is 10.6 Å². The number of aromatic carboxylic acids is 1. The molecule has 0 saturated heterocycles. The number of para-hydroxylation sites is 1. The van der Waals surface area contributed by atoms with Gasteiger partial charge < -0.3 is 15.7 Å². The molecule has 152 valence electrons. The van der Waals surface area contributed by atoms with Gasteiger partial charge in [-0.3, -0.25) is 0 Å². The van der Waals surface area contributed by atoms with Crippen LogP contribution >= 0.6 is 0 Å². The third-order valence-electron chi connectivity index (χ3n) is 5.30. The van der Waals surface area contributed by atoms with Gasteiger partial charge >= 0.3 is 5.97 Å². The van der Waals surface area contributed by atoms with E-state index in [4.69, 9.17) is 4.98 Å². The van der Waals surface area contributed by atoms with E-state index in [2.05, 4.69) is 21.7 Å². The first-order chi connectivity index (χ1) is 14.5. The number of aromatic nitrogens is 2. The summed E-state index contributed by atoms with van der Waals surface area (Å²) < 4.78 is 0. The zero-order valence-electron chi connectivity index (χ0n) is 16.9. The molecule has 0 amide bonds. The van der Waals surface area contributed by atoms with Gasteiger partial charge in [0.2, 0.25) is 0 Å². The zero-order valence-corrected chi connectivity index (χ0v) is 16.9. The van der Waals surface area contributed by atoms with Crippen molar-refractivity contribution in [3.63, 3.8) is 0 Å². The van der Waals surface area contributed by atoms with E-state index >= 15 is 0 Å². The fourth-order valence-electron chi connectivity index (χ4n) is 3.53. The van der Waals surface area contributed by atoms with Gasteiger partial charge in [0.05, 0.1) is 22.6 Å². The molecule has 2 aromatic carbocycles. The van der Waals surface area contributed by atoms with Crippen LogP contribution in [-0.2, 0) is 0 Å². The van der Waals surface area contributed by atoms with E-state index in [0.717, 1.165) is 17.7 Å². The summed E-state index contributed by atoms with van der Waals surface area (Å²) in [5.41, 5.74) is 4.29. The molecule has 4 rings (SSSR count). The Morgan fingerprint density at radius 1 is 1.30 bits per heavy atom. The second-order valence-electron chi connectivity index (χ2n) is 7.80. The molecule has 7 heteroatoms. The number of carboxylic acid groups (broad SMARTS) is 1. The van der Waals surface area contributed by atoms with Gasteiger partial charge in [-0.05, 0) is 56.4 Å². The van der Waals surface area contributed by atoms with E-state index < -0.39 is 5.97 Å². The fraction of sp³-hybridized carbons (Fsp3) is 0.304. The summed E-state index contributed by atoms with van der Waals surface area (Å²) in [5, 5.41) is 25.6. The van der Waals surface area contributed by atoms with Crippen molar-refractivity contribution >= 4 is 28.5 Å². The third kappa shape index (κ3) is 4.03. The van der Waals surface area contributed by atoms with Crippen LogP contribution in [0.5, 0.6) is 0 Å². The standard InChI is InChI=1S/C23H23N5O2/c1-13-9-17(14(2)26-18-6-4-3-5-16(18)23(29)30)21-19(10-13)27-20(11-24)22(28-21)25-12-15-7-8-15/h3-6,9-10,14-15,26H,7-8,12H2,1-2H3,(H,25,28)(H,29,30). The van der Waals surface area contributed by atoms with Crippen LogP contribution in [0.4, 0.5) is 11.5 Å². The van der Waals surface area contributed by atoms with Crippen LogP contribution in [0, 0.1) is 24.2 Å². The lowest BCUT2D eigenvalue weighted by atomic mass is 10.0. The number of hydrogen-bond donors (Lipinski definition) is 3. The molecule has 1 aromatic heterocycles. The Labute approximate surface area is 174 Å². The van der Waals surface area contributed by atoms with Crippen molar-refractivity contribution < 1.29 is 9.90 Å². The molecule has 3 aromatic rings. The van der Waals surface area contributed by atoms with Gasteiger partial charge in [-0.2, -0.15) is 5.26 Å². The first kappa shape index (κ1) is 19.6. The van der Waals surface area contributed by atoms with Crippen molar-refractivity contribution in [1.29, 1.82) is 5.26 Å². The molecule has 1 unspecified atom stereocenters. The highest BCUT2D eigenvalue weighted by Crippen LogP contribution is 2.31. The van der Waals surface area contributed by atoms with Gasteiger partial charge in [0.25, 0.3) is 0 Å². The number of anilines is 2. The molecule has 0 aliphatic heterocycles. The number of aryl methyl sites for hydroxylation is 1. The number of nitrogens with one attached hydrogen (secondary N) is 2. The molecular formula is C23H23N5O2. The Morgan fingerprint density at radius 3 is 2.77 bits per heavy atom. The highest BCUT2D eigenvalue weighted by molar-refractivity contribution is 5.94. The summed E-state index contributed by atoms with van der Waals surface area (Å²) in [6, 6.07) is 12.7. The van der Waals surface area contributed by atoms with E-state index in [1.807, 2.05) is 26.0 Å². The maximum absolute atomic E-state index is 11.6. The molecule has 1 saturated carbocycles. The molecule has 1 atom stereocenters. The van der Waals surface area contributed by atoms with Crippen molar-refractivity contribution in [2.75, 3.05) is 17.2 Å². The molecular weight excluding hydrogens is 378 g/mol. The molecule has 7 nitrogen and oxygen atoms in total. The number of fused-ring (bicyclic) bond motifs is 1. The van der Waals surface area contributed by atoms with E-state index in [9.17, 15) is 15.2 Å². The molecule has 1 fully saturated rings. The minimum Gasteiger partial charge on any atom is -0.478 e. The summed E-state index contributed by atoms with van der Waals surface area (Å²) in [4.78, 5) is 20.8. The Kier molecular flexibility index (Phi) is 5.23. The largest absolute Gasteiger partial charge is 0.478 e. The number of hydrogen-bond acceptors (Lipinski definition) is 6. The van der Waals surface area contributed by atoms with Gasteiger partial charge in [0.15, 0.2) is 11.5 Å². The molecule has 1 aliphatic carbocycles. The second kappa shape index (κ2) is 7.99. The van der Waals surface area contributed by atoms with E-state index in [0.29, 0.717) is 28.5 Å². The lowest BCUT2D eigenvalue weighted by Crippen LogP contribution is -2.13. The highest BCUT2D eigenvalue weighted by atomic mass is 16.4. The Morgan fingerprint density at radius 2 is 2.07 bits per heavy atom. The number of nitriles is 1. The predicted octanol–water partition coefficient (Wildman–Crippen LogP) is 4.50. The van der Waals surface area contributed by atoms with E-state index in [1.54, 1.807) is 24.3 Å². The Bertz CT molecular complexity index is 1160. The molecule has 0 bridgehead atoms. The summed E-state index contributed by atoms with van der Waals surface area (Å²) in [6.07, 6.45) is 2.40. The lowest BCUT2D eigenvalue weighted by molar-refractivity contribution is 0.0698. The lowest BCUT2D eigenvalue weighted by Gasteiger charge is -2.20. The molecule has 0 radical (unpaired) electrons. The highest BCUT2D eigenvalue weighted by Gasteiger charge is 2.22. The number of benzene rings is 2. The summed E-state index contributed by atoms with van der Waals surface area (Å²) in [6.45, 7) is 4.72. The molecule has 0 spiro atoms. The van der Waals surface area contributed by atoms with Crippen LogP contribution in [-0.4, -0.2) is 27.6 Å². The van der Waals surface area contributed by atoms with Gasteiger partial charge in [0.1, 0.15) is 6.07 Å². The SMILES string of the molecule is Cc1cc(C(C)Nc2ccccc2C(=O)O)c2nc(NCC3CC3)c(C#N)nc2c1. The summed E-state index contributed by atoms with van der Waals surface area (Å²) >= 11 is 0. The van der Waals surface area contributed by atoms with Crippen LogP contribution in [0.15, 0.2) is 36.4 Å². The smallest absolute Gasteiger partial charge is 0.337 e. The average Bonchev–Trinajstić information content (AvgIpc) is 3.55. The molecule has 3 N–H and O–H groups in total. The summed E-state index contributed by atoms with van der Waals surface area (Å²) in [5.74, 6) is 0.157. The topological polar surface area (TPSA) is 111 Å². The normalized spacial score (nSPS) is 14.2. The zero-order chi connectivity index (χ0) is 21.3. The van der Waals surface area contributed by atoms with E-state index in [-0.39, 0.29) is 17.3 Å². The van der Waals surface area contributed by atoms with Crippen LogP contribution in [0.1, 0.15) is 53.0 Å². The second-order valence-corrected chi connectivity index (χ2v) is 7.80. The van der Waals surface area contributed by atoms with Crippen molar-refractivity contribution in [3.05, 3.63) is 58.8 Å². The quantitative estimate of drug-likeness (QED) is 0.534. The number of rotatable bonds is 7. The minimum absolute atomic E-state index is 0.214. The van der Waals surface area contributed by atoms with Crippen molar-refractivity contribution in [1.82, 2.24) is 9.97 Å². The Hall–Kier alpha value is -3.66. The molecule has 1 aliphatic rings. The predicted molar refractivity (Wildman–Crippen MR) is 116 cm³/mol. The van der Waals surface area contributed by atoms with E-state index in [1.165, 1.54) is 12.8 Å². The van der Waals surface area contributed by atoms with Gasteiger partial charge in [-0.25, -0.2) is 14.8 Å². The summed E-state index contributed by atoms with van der Waals surface area (Å²) in [7, 11) is 0. The maximum atomic E-state index is 11.6. The first-order valence-corrected chi connectivity index (χ1v) is 10.0. The number of carbonyl (C=O) groups is 1. The van der Waals surface area contributed by atoms with Gasteiger partial charge in [-0.1, -0.05) is 18.2 Å². The first-order valence-electron chi connectivity index (χ1n) is 10.0. The average molecular weight is 401 g/mol. The third-order valence-corrected chi connectivity index (χ3v) is 5.30. The Balaban J connectivity index is 1.74. The van der Waals surface area contributed by atoms with Crippen molar-refractivity contribution in [3.8, 4) is 6.07 Å². The number of nitrogens with zero attached hydrogens (tertiary/aromatic N) is 3. The van der Waals surface area contributed by atoms with Crippen molar-refractivity contribution in [2.24, 2.45) is 5.92 Å². The molecule has 30 heavy (non-hydrogen) atoms. The number of carboxylic acids is 1. The van der Waals surface area contributed by atoms with Crippen LogP contribution in [0.25, 0.3) is 11.0 Å². The van der Waals surface area contributed by atoms with Crippen LogP contribution in [0.2, 0.25) is 0 Å². The van der Waals surface area contributed by atoms with Gasteiger partial charge in [0, 0.05) is 17.8 Å². The van der Waals surface area contributed by atoms with Crippen LogP contribution in [0.3, 0.4) is 0 Å². The minimum atomic E-state index is -0.982. The van der Waals surface area contributed by atoms with Gasteiger partial charge in [-0.15, -0.1) is 0 Å². The fourth-order valence-corrected chi connectivity index (χ4v) is 3.53.